The molecule has 0 aliphatic heterocycles. The van der Waals surface area contributed by atoms with Crippen molar-refractivity contribution >= 4 is 11.5 Å². The van der Waals surface area contributed by atoms with Crippen molar-refractivity contribution in [1.82, 2.24) is 24.5 Å². The van der Waals surface area contributed by atoms with Gasteiger partial charge in [-0.1, -0.05) is 12.1 Å². The van der Waals surface area contributed by atoms with Gasteiger partial charge in [-0.3, -0.25) is 4.40 Å². The van der Waals surface area contributed by atoms with Crippen LogP contribution in [0.25, 0.3) is 5.65 Å². The van der Waals surface area contributed by atoms with Gasteiger partial charge in [0, 0.05) is 24.9 Å². The van der Waals surface area contributed by atoms with E-state index in [0.717, 1.165) is 29.6 Å². The molecule has 0 saturated heterocycles. The standard InChI is InChI=1S/C19H24N6O/c1-24(2)16(13-6-8-15(26-3)9-7-13)12-21-17-19-23-22-18(14-4-5-14)25(19)11-10-20-17/h6-11,14,16H,4-5,12H2,1-3H3,(H,20,21). The molecule has 7 heteroatoms. The number of hydrogen-bond donors (Lipinski definition) is 1. The summed E-state index contributed by atoms with van der Waals surface area (Å²) in [7, 11) is 5.83. The molecule has 1 aromatic carbocycles. The Kier molecular flexibility index (Phi) is 4.46. The number of nitrogens with one attached hydrogen (secondary N) is 1. The van der Waals surface area contributed by atoms with E-state index in [1.165, 1.54) is 18.4 Å². The summed E-state index contributed by atoms with van der Waals surface area (Å²) in [4.78, 5) is 6.67. The Morgan fingerprint density at radius 1 is 1.23 bits per heavy atom. The molecule has 1 N–H and O–H groups in total. The maximum Gasteiger partial charge on any atom is 0.203 e. The lowest BCUT2D eigenvalue weighted by atomic mass is 10.1. The van der Waals surface area contributed by atoms with Gasteiger partial charge < -0.3 is 15.0 Å². The van der Waals surface area contributed by atoms with E-state index in [1.54, 1.807) is 7.11 Å². The summed E-state index contributed by atoms with van der Waals surface area (Å²) in [6.07, 6.45) is 6.15. The highest BCUT2D eigenvalue weighted by atomic mass is 16.5. The second-order valence-corrected chi connectivity index (χ2v) is 6.94. The number of hydrogen-bond acceptors (Lipinski definition) is 6. The number of fused-ring (bicyclic) bond motifs is 1. The lowest BCUT2D eigenvalue weighted by Gasteiger charge is -2.25. The highest BCUT2D eigenvalue weighted by Gasteiger charge is 2.29. The van der Waals surface area contributed by atoms with Crippen LogP contribution in [0.4, 0.5) is 5.82 Å². The van der Waals surface area contributed by atoms with Crippen LogP contribution in [0.15, 0.2) is 36.7 Å². The Morgan fingerprint density at radius 2 is 2.00 bits per heavy atom. The molecule has 26 heavy (non-hydrogen) atoms. The summed E-state index contributed by atoms with van der Waals surface area (Å²) >= 11 is 0. The maximum atomic E-state index is 5.26. The van der Waals surface area contributed by atoms with Crippen molar-refractivity contribution in [3.8, 4) is 5.75 Å². The van der Waals surface area contributed by atoms with Gasteiger partial charge in [0.2, 0.25) is 5.65 Å². The van der Waals surface area contributed by atoms with Crippen molar-refractivity contribution in [3.05, 3.63) is 48.0 Å². The van der Waals surface area contributed by atoms with Crippen molar-refractivity contribution in [2.75, 3.05) is 33.1 Å². The van der Waals surface area contributed by atoms with E-state index in [4.69, 9.17) is 4.74 Å². The van der Waals surface area contributed by atoms with Crippen LogP contribution in [-0.2, 0) is 0 Å². The molecular weight excluding hydrogens is 328 g/mol. The summed E-state index contributed by atoms with van der Waals surface area (Å²) < 4.78 is 7.32. The van der Waals surface area contributed by atoms with Crippen LogP contribution in [0.1, 0.15) is 36.2 Å². The first-order valence-corrected chi connectivity index (χ1v) is 8.91. The summed E-state index contributed by atoms with van der Waals surface area (Å²) in [6, 6.07) is 8.38. The third-order valence-corrected chi connectivity index (χ3v) is 4.88. The van der Waals surface area contributed by atoms with Crippen LogP contribution in [0, 0.1) is 0 Å². The van der Waals surface area contributed by atoms with Gasteiger partial charge in [-0.2, -0.15) is 0 Å². The second-order valence-electron chi connectivity index (χ2n) is 6.94. The predicted octanol–water partition coefficient (Wildman–Crippen LogP) is 2.73. The Hall–Kier alpha value is -2.67. The number of ether oxygens (including phenoxy) is 1. The molecule has 0 radical (unpaired) electrons. The van der Waals surface area contributed by atoms with Crippen molar-refractivity contribution in [1.29, 1.82) is 0 Å². The van der Waals surface area contributed by atoms with E-state index in [-0.39, 0.29) is 6.04 Å². The van der Waals surface area contributed by atoms with E-state index in [9.17, 15) is 0 Å². The molecule has 1 unspecified atom stereocenters. The zero-order chi connectivity index (χ0) is 18.1. The molecule has 1 atom stereocenters. The number of benzene rings is 1. The molecule has 1 aliphatic carbocycles. The zero-order valence-corrected chi connectivity index (χ0v) is 15.4. The lowest BCUT2D eigenvalue weighted by molar-refractivity contribution is 0.311. The molecule has 0 amide bonds. The summed E-state index contributed by atoms with van der Waals surface area (Å²) in [6.45, 7) is 0.720. The monoisotopic (exact) mass is 352 g/mol. The average molecular weight is 352 g/mol. The highest BCUT2D eigenvalue weighted by Crippen LogP contribution is 2.39. The average Bonchev–Trinajstić information content (AvgIpc) is 3.41. The maximum absolute atomic E-state index is 5.26. The highest BCUT2D eigenvalue weighted by molar-refractivity contribution is 5.62. The van der Waals surface area contributed by atoms with Gasteiger partial charge in [0.25, 0.3) is 0 Å². The third kappa shape index (κ3) is 3.22. The smallest absolute Gasteiger partial charge is 0.203 e. The number of methoxy groups -OCH3 is 1. The predicted molar refractivity (Wildman–Crippen MR) is 101 cm³/mol. The molecule has 1 saturated carbocycles. The molecule has 2 aromatic heterocycles. The Bertz CT molecular complexity index is 885. The van der Waals surface area contributed by atoms with Gasteiger partial charge in [0.05, 0.1) is 13.2 Å². The Morgan fingerprint density at radius 3 is 2.65 bits per heavy atom. The molecule has 2 heterocycles. The largest absolute Gasteiger partial charge is 0.497 e. The quantitative estimate of drug-likeness (QED) is 0.705. The number of likely N-dealkylation sites (N-methyl/N-ethyl adjacent to an activating group) is 1. The fraction of sp³-hybridized carbons (Fsp3) is 0.421. The molecule has 1 aliphatic rings. The minimum atomic E-state index is 0.203. The lowest BCUT2D eigenvalue weighted by Crippen LogP contribution is -2.27. The van der Waals surface area contributed by atoms with Crippen LogP contribution in [0.2, 0.25) is 0 Å². The molecule has 4 rings (SSSR count). The van der Waals surface area contributed by atoms with E-state index in [2.05, 4.69) is 56.0 Å². The van der Waals surface area contributed by atoms with Crippen LogP contribution in [0.5, 0.6) is 5.75 Å². The first-order valence-electron chi connectivity index (χ1n) is 8.91. The number of nitrogens with zero attached hydrogens (tertiary/aromatic N) is 5. The summed E-state index contributed by atoms with van der Waals surface area (Å²) in [5.41, 5.74) is 2.01. The van der Waals surface area contributed by atoms with Crippen molar-refractivity contribution in [3.63, 3.8) is 0 Å². The first kappa shape index (κ1) is 16.8. The minimum Gasteiger partial charge on any atom is -0.497 e. The number of aromatic nitrogens is 4. The third-order valence-electron chi connectivity index (χ3n) is 4.88. The molecule has 0 bridgehead atoms. The second kappa shape index (κ2) is 6.92. The first-order chi connectivity index (χ1) is 12.7. The van der Waals surface area contributed by atoms with Crippen molar-refractivity contribution in [2.45, 2.75) is 24.8 Å². The molecule has 3 aromatic rings. The fourth-order valence-corrected chi connectivity index (χ4v) is 3.21. The minimum absolute atomic E-state index is 0.203. The van der Waals surface area contributed by atoms with Gasteiger partial charge in [-0.15, -0.1) is 10.2 Å². The fourth-order valence-electron chi connectivity index (χ4n) is 3.21. The normalized spacial score (nSPS) is 15.4. The van der Waals surface area contributed by atoms with Crippen LogP contribution >= 0.6 is 0 Å². The van der Waals surface area contributed by atoms with Gasteiger partial charge >= 0.3 is 0 Å². The van der Waals surface area contributed by atoms with E-state index in [1.807, 2.05) is 24.5 Å². The molecule has 0 spiro atoms. The van der Waals surface area contributed by atoms with Crippen LogP contribution in [0.3, 0.4) is 0 Å². The van der Waals surface area contributed by atoms with Crippen LogP contribution in [-0.4, -0.2) is 52.2 Å². The van der Waals surface area contributed by atoms with Gasteiger partial charge in [0.15, 0.2) is 5.82 Å². The van der Waals surface area contributed by atoms with Gasteiger partial charge in [-0.25, -0.2) is 4.98 Å². The topological polar surface area (TPSA) is 67.6 Å². The van der Waals surface area contributed by atoms with Crippen molar-refractivity contribution in [2.24, 2.45) is 0 Å². The molecule has 136 valence electrons. The summed E-state index contributed by atoms with van der Waals surface area (Å²) in [5.74, 6) is 3.23. The zero-order valence-electron chi connectivity index (χ0n) is 15.4. The molecule has 1 fully saturated rings. The molecular formula is C19H24N6O. The van der Waals surface area contributed by atoms with E-state index < -0.39 is 0 Å². The Balaban J connectivity index is 1.55. The number of anilines is 1. The van der Waals surface area contributed by atoms with Crippen molar-refractivity contribution < 1.29 is 4.74 Å². The van der Waals surface area contributed by atoms with E-state index >= 15 is 0 Å². The number of rotatable bonds is 7. The molecule has 7 nitrogen and oxygen atoms in total. The van der Waals surface area contributed by atoms with Gasteiger partial charge in [0.1, 0.15) is 11.6 Å². The summed E-state index contributed by atoms with van der Waals surface area (Å²) in [5, 5.41) is 12.2. The SMILES string of the molecule is COc1ccc(C(CNc2nccn3c(C4CC4)nnc23)N(C)C)cc1. The van der Waals surface area contributed by atoms with E-state index in [0.29, 0.717) is 5.92 Å². The van der Waals surface area contributed by atoms with Crippen LogP contribution < -0.4 is 10.1 Å². The van der Waals surface area contributed by atoms with Gasteiger partial charge in [-0.05, 0) is 44.6 Å². The Labute approximate surface area is 153 Å².